The zero-order valence-corrected chi connectivity index (χ0v) is 41.2. The molecule has 0 spiro atoms. The predicted molar refractivity (Wildman–Crippen MR) is 312 cm³/mol. The summed E-state index contributed by atoms with van der Waals surface area (Å²) in [5.41, 5.74) is 17.5. The van der Waals surface area contributed by atoms with E-state index in [1.807, 2.05) is 0 Å². The van der Waals surface area contributed by atoms with Crippen LogP contribution < -0.4 is 0 Å². The van der Waals surface area contributed by atoms with Crippen LogP contribution in [0.25, 0.3) is 152 Å². The van der Waals surface area contributed by atoms with Gasteiger partial charge in [0.15, 0.2) is 0 Å². The maximum absolute atomic E-state index is 7.64. The number of benzene rings is 12. The minimum absolute atomic E-state index is 0.904. The number of para-hydroxylation sites is 4. The molecule has 0 bridgehead atoms. The fraction of sp³-hybridized carbons (Fsp3) is 0. The van der Waals surface area contributed by atoms with Gasteiger partial charge < -0.3 is 27.1 Å². The van der Waals surface area contributed by atoms with Crippen molar-refractivity contribution in [1.82, 2.24) is 18.3 Å². The third-order valence-electron chi connectivity index (χ3n) is 15.9. The van der Waals surface area contributed by atoms with E-state index in [9.17, 15) is 0 Å². The first-order chi connectivity index (χ1) is 36.8. The second-order valence-electron chi connectivity index (χ2n) is 19.7. The highest BCUT2D eigenvalue weighted by atomic mass is 31.1. The Morgan fingerprint density at radius 1 is 0.243 bits per heavy atom. The van der Waals surface area contributed by atoms with Crippen molar-refractivity contribution in [3.8, 4) is 22.7 Å². The number of nitrogens with zero attached hydrogens (tertiary/aromatic N) is 4. The van der Waals surface area contributed by atoms with E-state index in [4.69, 9.17) is 8.83 Å². The van der Waals surface area contributed by atoms with E-state index in [2.05, 4.69) is 249 Å². The van der Waals surface area contributed by atoms with Gasteiger partial charge in [0.25, 0.3) is 0 Å². The first-order valence-corrected chi connectivity index (χ1v) is 27.9. The molecule has 6 aromatic heterocycles. The van der Waals surface area contributed by atoms with Gasteiger partial charge in [-0.2, -0.15) is 0 Å². The highest BCUT2D eigenvalue weighted by Gasteiger charge is 2.31. The lowest BCUT2D eigenvalue weighted by Crippen LogP contribution is -2.07. The van der Waals surface area contributed by atoms with E-state index < -0.39 is 14.7 Å². The quantitative estimate of drug-likeness (QED) is 0.130. The molecule has 74 heavy (non-hydrogen) atoms. The molecule has 0 saturated heterocycles. The molecule has 0 aliphatic rings. The molecule has 2 atom stereocenters. The fourth-order valence-corrected chi connectivity index (χ4v) is 19.1. The van der Waals surface area contributed by atoms with Crippen LogP contribution >= 0.6 is 14.7 Å². The first kappa shape index (κ1) is 39.4. The maximum Gasteiger partial charge on any atom is 0.141 e. The third kappa shape index (κ3) is 4.92. The van der Waals surface area contributed by atoms with Crippen LogP contribution in [0.4, 0.5) is 0 Å². The predicted octanol–water partition coefficient (Wildman–Crippen LogP) is 19.6. The molecule has 18 rings (SSSR count). The van der Waals surface area contributed by atoms with Crippen LogP contribution in [0.3, 0.4) is 0 Å². The molecule has 6 nitrogen and oxygen atoms in total. The van der Waals surface area contributed by atoms with E-state index in [1.165, 1.54) is 74.6 Å². The molecule has 12 aromatic carbocycles. The topological polar surface area (TPSA) is 46.0 Å². The van der Waals surface area contributed by atoms with E-state index >= 15 is 0 Å². The Morgan fingerprint density at radius 3 is 0.865 bits per heavy atom. The van der Waals surface area contributed by atoms with Crippen LogP contribution in [0.5, 0.6) is 0 Å². The largest absolute Gasteiger partial charge is 0.455 e. The van der Waals surface area contributed by atoms with E-state index in [0.29, 0.717) is 0 Å². The van der Waals surface area contributed by atoms with E-state index in [0.717, 1.165) is 77.7 Å². The Morgan fingerprint density at radius 2 is 0.527 bits per heavy atom. The van der Waals surface area contributed by atoms with Gasteiger partial charge in [0, 0.05) is 54.5 Å². The van der Waals surface area contributed by atoms with Gasteiger partial charge in [-0.05, 0) is 108 Å². The molecule has 0 fully saturated rings. The molecule has 344 valence electrons. The van der Waals surface area contributed by atoms with Gasteiger partial charge in [0.05, 0.1) is 64.6 Å². The minimum atomic E-state index is -1.15. The standard InChI is InChI=1S/C66H38N4O2P2/c1-5-21-41(22-6-1)67-49-31-17-33-51-61(49)73-63-53(35-39-19-13-15-29-45(39)57(63)67)71-55-37-48-47(59(65(55)73)69(51)43-25-9-3-10-26-43)38-56-66-60(48)70(44-27-11-4-12-28-44)52-34-18-32-50-62(52)74(66)64-54(72-56)36-40-20-14-16-30-46(40)58(64)68(50)42-23-7-2-8-24-42/h1-38H. The monoisotopic (exact) mass is 980 g/mol. The lowest BCUT2D eigenvalue weighted by atomic mass is 10.0. The lowest BCUT2D eigenvalue weighted by Gasteiger charge is -2.28. The van der Waals surface area contributed by atoms with Crippen LogP contribution in [0.15, 0.2) is 239 Å². The number of aromatic nitrogens is 4. The van der Waals surface area contributed by atoms with E-state index in [1.54, 1.807) is 0 Å². The number of rotatable bonds is 4. The summed E-state index contributed by atoms with van der Waals surface area (Å²) in [4.78, 5) is 0. The van der Waals surface area contributed by atoms with Gasteiger partial charge in [0.1, 0.15) is 22.3 Å². The molecule has 0 aliphatic carbocycles. The Bertz CT molecular complexity index is 5070. The normalized spacial score (nSPS) is 13.1. The molecule has 0 aliphatic heterocycles. The van der Waals surface area contributed by atoms with Gasteiger partial charge in [0.2, 0.25) is 0 Å². The Balaban J connectivity index is 1.16. The lowest BCUT2D eigenvalue weighted by molar-refractivity contribution is 0.663. The fourth-order valence-electron chi connectivity index (χ4n) is 13.1. The molecule has 0 radical (unpaired) electrons. The number of fused-ring (bicyclic) bond motifs is 7. The van der Waals surface area contributed by atoms with Gasteiger partial charge in [-0.25, -0.2) is 0 Å². The third-order valence-corrected chi connectivity index (χ3v) is 21.2. The molecule has 0 N–H and O–H groups in total. The molecular weight excluding hydrogens is 943 g/mol. The Kier molecular flexibility index (Phi) is 7.61. The zero-order chi connectivity index (χ0) is 47.9. The van der Waals surface area contributed by atoms with Crippen LogP contribution in [-0.4, -0.2) is 18.3 Å². The summed E-state index contributed by atoms with van der Waals surface area (Å²) in [6.07, 6.45) is 0. The molecular formula is C66H38N4O2P2. The van der Waals surface area contributed by atoms with Gasteiger partial charge >= 0.3 is 0 Å². The Hall–Kier alpha value is -9.18. The zero-order valence-electron chi connectivity index (χ0n) is 39.4. The van der Waals surface area contributed by atoms with Gasteiger partial charge in [-0.15, -0.1) is 0 Å². The van der Waals surface area contributed by atoms with Gasteiger partial charge in [-0.1, -0.05) is 148 Å². The van der Waals surface area contributed by atoms with Crippen molar-refractivity contribution in [3.63, 3.8) is 0 Å². The maximum atomic E-state index is 7.64. The second-order valence-corrected chi connectivity index (χ2v) is 23.7. The highest BCUT2D eigenvalue weighted by Crippen LogP contribution is 2.61. The van der Waals surface area contributed by atoms with Crippen molar-refractivity contribution >= 4 is 144 Å². The van der Waals surface area contributed by atoms with Crippen molar-refractivity contribution in [3.05, 3.63) is 231 Å². The van der Waals surface area contributed by atoms with Crippen LogP contribution in [0, 0.1) is 0 Å². The van der Waals surface area contributed by atoms with Crippen molar-refractivity contribution in [2.75, 3.05) is 0 Å². The summed E-state index contributed by atoms with van der Waals surface area (Å²) in [5.74, 6) is 0. The molecule has 2 unspecified atom stereocenters. The summed E-state index contributed by atoms with van der Waals surface area (Å²) in [6.45, 7) is 0. The molecule has 18 aromatic rings. The molecule has 6 heterocycles. The van der Waals surface area contributed by atoms with E-state index in [-0.39, 0.29) is 0 Å². The summed E-state index contributed by atoms with van der Waals surface area (Å²) < 4.78 is 25.4. The summed E-state index contributed by atoms with van der Waals surface area (Å²) in [6, 6.07) is 84.6. The number of hydrogen-bond acceptors (Lipinski definition) is 2. The molecule has 0 saturated carbocycles. The SMILES string of the molecule is c1ccc(-n2c3cccc4c3p3c5c(cc6ccccc6c52)oc2cc5c(cc6oc7cc8ccccc8c8c7p7c9c(cccc9n(-c9ccccc9)c5c67)n8-c5ccccc5)c(c23)n4-c2ccccc2)cc1. The summed E-state index contributed by atoms with van der Waals surface area (Å²) in [5, 5.41) is 14.6. The van der Waals surface area contributed by atoms with Crippen LogP contribution in [0.2, 0.25) is 0 Å². The van der Waals surface area contributed by atoms with Crippen molar-refractivity contribution in [1.29, 1.82) is 0 Å². The van der Waals surface area contributed by atoms with Crippen molar-refractivity contribution in [2.24, 2.45) is 0 Å². The molecule has 8 heteroatoms. The van der Waals surface area contributed by atoms with Crippen LogP contribution in [0.1, 0.15) is 0 Å². The van der Waals surface area contributed by atoms with Crippen molar-refractivity contribution < 1.29 is 8.83 Å². The Labute approximate surface area is 422 Å². The average molecular weight is 981 g/mol. The van der Waals surface area contributed by atoms with Crippen LogP contribution in [-0.2, 0) is 0 Å². The van der Waals surface area contributed by atoms with Crippen molar-refractivity contribution in [2.45, 2.75) is 0 Å². The first-order valence-electron chi connectivity index (χ1n) is 25.2. The average Bonchev–Trinajstić information content (AvgIpc) is 3.62. The smallest absolute Gasteiger partial charge is 0.141 e. The molecule has 0 amide bonds. The highest BCUT2D eigenvalue weighted by molar-refractivity contribution is 7.64. The summed E-state index contributed by atoms with van der Waals surface area (Å²) >= 11 is 0. The van der Waals surface area contributed by atoms with Gasteiger partial charge in [-0.3, -0.25) is 0 Å². The second kappa shape index (κ2) is 14.3. The number of hydrogen-bond donors (Lipinski definition) is 0. The minimum Gasteiger partial charge on any atom is -0.455 e. The summed E-state index contributed by atoms with van der Waals surface area (Å²) in [7, 11) is -2.30.